The number of rotatable bonds is 3. The van der Waals surface area contributed by atoms with E-state index in [0.717, 1.165) is 22.0 Å². The van der Waals surface area contributed by atoms with Crippen LogP contribution in [0.4, 0.5) is 0 Å². The molecule has 0 aliphatic carbocycles. The maximum absolute atomic E-state index is 6.10. The lowest BCUT2D eigenvalue weighted by Gasteiger charge is -2.00. The van der Waals surface area contributed by atoms with Gasteiger partial charge in [0.1, 0.15) is 10.0 Å². The molecule has 0 bridgehead atoms. The summed E-state index contributed by atoms with van der Waals surface area (Å²) in [5, 5.41) is 10.8. The summed E-state index contributed by atoms with van der Waals surface area (Å²) in [5.74, 6) is 0. The first-order chi connectivity index (χ1) is 7.72. The largest absolute Gasteiger partial charge is 0.330 e. The van der Waals surface area contributed by atoms with Crippen molar-refractivity contribution in [2.24, 2.45) is 5.73 Å². The van der Waals surface area contributed by atoms with Gasteiger partial charge in [-0.05, 0) is 12.6 Å². The summed E-state index contributed by atoms with van der Waals surface area (Å²) in [5.41, 5.74) is 6.27. The highest BCUT2D eigenvalue weighted by molar-refractivity contribution is 7.14. The number of halogens is 2. The molecular formula is C10H9Cl2N3S. The molecule has 1 aromatic carbocycles. The summed E-state index contributed by atoms with van der Waals surface area (Å²) in [6.45, 7) is 0.567. The molecule has 6 heteroatoms. The Kier molecular flexibility index (Phi) is 3.76. The summed E-state index contributed by atoms with van der Waals surface area (Å²) in [7, 11) is 0. The molecule has 2 N–H and O–H groups in total. The number of benzene rings is 1. The fourth-order valence-corrected chi connectivity index (χ4v) is 2.59. The predicted molar refractivity (Wildman–Crippen MR) is 68.1 cm³/mol. The van der Waals surface area contributed by atoms with E-state index in [1.165, 1.54) is 11.3 Å². The SMILES string of the molecule is NCCc1nnc(-c2cccc(Cl)c2Cl)s1. The maximum Gasteiger partial charge on any atom is 0.149 e. The van der Waals surface area contributed by atoms with Crippen LogP contribution in [0.5, 0.6) is 0 Å². The number of nitrogens with zero attached hydrogens (tertiary/aromatic N) is 2. The average Bonchev–Trinajstić information content (AvgIpc) is 2.71. The highest BCUT2D eigenvalue weighted by Gasteiger charge is 2.11. The van der Waals surface area contributed by atoms with Crippen LogP contribution in [0.1, 0.15) is 5.01 Å². The first-order valence-corrected chi connectivity index (χ1v) is 6.26. The van der Waals surface area contributed by atoms with Gasteiger partial charge in [0.05, 0.1) is 10.0 Å². The molecule has 0 aliphatic heterocycles. The van der Waals surface area contributed by atoms with Crippen LogP contribution in [-0.2, 0) is 6.42 Å². The standard InChI is InChI=1S/C10H9Cl2N3S/c11-7-3-1-2-6(9(7)12)10-15-14-8(16-10)4-5-13/h1-3H,4-5,13H2. The number of hydrogen-bond donors (Lipinski definition) is 1. The molecule has 0 saturated heterocycles. The van der Waals surface area contributed by atoms with E-state index in [4.69, 9.17) is 28.9 Å². The molecule has 1 aromatic heterocycles. The maximum atomic E-state index is 6.10. The first kappa shape index (κ1) is 11.8. The van der Waals surface area contributed by atoms with Crippen LogP contribution < -0.4 is 5.73 Å². The highest BCUT2D eigenvalue weighted by Crippen LogP contribution is 2.34. The van der Waals surface area contributed by atoms with Crippen molar-refractivity contribution in [1.82, 2.24) is 10.2 Å². The lowest BCUT2D eigenvalue weighted by atomic mass is 10.2. The van der Waals surface area contributed by atoms with E-state index >= 15 is 0 Å². The van der Waals surface area contributed by atoms with Gasteiger partial charge in [-0.1, -0.05) is 46.7 Å². The molecule has 0 atom stereocenters. The Hall–Kier alpha value is -0.680. The molecule has 0 aliphatic rings. The van der Waals surface area contributed by atoms with E-state index in [1.807, 2.05) is 12.1 Å². The van der Waals surface area contributed by atoms with Crippen LogP contribution in [0.15, 0.2) is 18.2 Å². The van der Waals surface area contributed by atoms with Crippen molar-refractivity contribution in [3.8, 4) is 10.6 Å². The van der Waals surface area contributed by atoms with Gasteiger partial charge in [0.15, 0.2) is 0 Å². The molecule has 0 unspecified atom stereocenters. The lowest BCUT2D eigenvalue weighted by molar-refractivity contribution is 0.913. The van der Waals surface area contributed by atoms with E-state index in [1.54, 1.807) is 6.07 Å². The minimum absolute atomic E-state index is 0.514. The number of aromatic nitrogens is 2. The van der Waals surface area contributed by atoms with Crippen molar-refractivity contribution in [3.63, 3.8) is 0 Å². The van der Waals surface area contributed by atoms with Crippen molar-refractivity contribution in [1.29, 1.82) is 0 Å². The zero-order valence-corrected chi connectivity index (χ0v) is 10.6. The minimum atomic E-state index is 0.514. The fraction of sp³-hybridized carbons (Fsp3) is 0.200. The Labute approximate surface area is 107 Å². The van der Waals surface area contributed by atoms with Crippen LogP contribution in [0.2, 0.25) is 10.0 Å². The smallest absolute Gasteiger partial charge is 0.149 e. The Morgan fingerprint density at radius 3 is 2.81 bits per heavy atom. The third kappa shape index (κ3) is 2.35. The van der Waals surface area contributed by atoms with Gasteiger partial charge < -0.3 is 5.73 Å². The third-order valence-electron chi connectivity index (χ3n) is 2.01. The zero-order valence-electron chi connectivity index (χ0n) is 8.28. The van der Waals surface area contributed by atoms with Gasteiger partial charge >= 0.3 is 0 Å². The highest BCUT2D eigenvalue weighted by atomic mass is 35.5. The van der Waals surface area contributed by atoms with E-state index in [-0.39, 0.29) is 0 Å². The minimum Gasteiger partial charge on any atom is -0.330 e. The van der Waals surface area contributed by atoms with Crippen molar-refractivity contribution in [3.05, 3.63) is 33.3 Å². The Morgan fingerprint density at radius 2 is 2.06 bits per heavy atom. The molecule has 16 heavy (non-hydrogen) atoms. The lowest BCUT2D eigenvalue weighted by Crippen LogP contribution is -2.01. The van der Waals surface area contributed by atoms with E-state index in [9.17, 15) is 0 Å². The topological polar surface area (TPSA) is 51.8 Å². The van der Waals surface area contributed by atoms with Crippen LogP contribution in [0, 0.1) is 0 Å². The van der Waals surface area contributed by atoms with Crippen molar-refractivity contribution in [2.75, 3.05) is 6.54 Å². The normalized spacial score (nSPS) is 10.7. The molecule has 84 valence electrons. The summed E-state index contributed by atoms with van der Waals surface area (Å²) >= 11 is 13.5. The van der Waals surface area contributed by atoms with Gasteiger partial charge in [-0.2, -0.15) is 0 Å². The first-order valence-electron chi connectivity index (χ1n) is 4.69. The molecule has 0 saturated carbocycles. The van der Waals surface area contributed by atoms with E-state index in [0.29, 0.717) is 16.6 Å². The van der Waals surface area contributed by atoms with Gasteiger partial charge in [-0.25, -0.2) is 0 Å². The molecular weight excluding hydrogens is 265 g/mol. The molecule has 0 radical (unpaired) electrons. The molecule has 0 fully saturated rings. The van der Waals surface area contributed by atoms with Crippen molar-refractivity contribution in [2.45, 2.75) is 6.42 Å². The summed E-state index contributed by atoms with van der Waals surface area (Å²) in [4.78, 5) is 0. The van der Waals surface area contributed by atoms with Crippen LogP contribution in [-0.4, -0.2) is 16.7 Å². The van der Waals surface area contributed by atoms with Crippen LogP contribution in [0.3, 0.4) is 0 Å². The van der Waals surface area contributed by atoms with Crippen molar-refractivity contribution >= 4 is 34.5 Å². The molecule has 0 spiro atoms. The fourth-order valence-electron chi connectivity index (χ4n) is 1.26. The Bertz CT molecular complexity index is 499. The molecule has 1 heterocycles. The van der Waals surface area contributed by atoms with Gasteiger partial charge in [0.25, 0.3) is 0 Å². The number of hydrogen-bond acceptors (Lipinski definition) is 4. The second kappa shape index (κ2) is 5.10. The summed E-state index contributed by atoms with van der Waals surface area (Å²) in [6, 6.07) is 5.46. The third-order valence-corrected chi connectivity index (χ3v) is 3.84. The molecule has 0 amide bonds. The van der Waals surface area contributed by atoms with Crippen LogP contribution >= 0.6 is 34.5 Å². The average molecular weight is 274 g/mol. The second-order valence-electron chi connectivity index (χ2n) is 3.14. The monoisotopic (exact) mass is 273 g/mol. The van der Waals surface area contributed by atoms with Gasteiger partial charge in [0, 0.05) is 12.0 Å². The molecule has 2 aromatic rings. The Morgan fingerprint density at radius 1 is 1.25 bits per heavy atom. The van der Waals surface area contributed by atoms with E-state index < -0.39 is 0 Å². The summed E-state index contributed by atoms with van der Waals surface area (Å²) in [6.07, 6.45) is 0.732. The quantitative estimate of drug-likeness (QED) is 0.936. The van der Waals surface area contributed by atoms with Gasteiger partial charge in [-0.3, -0.25) is 0 Å². The predicted octanol–water partition coefficient (Wildman–Crippen LogP) is 3.01. The van der Waals surface area contributed by atoms with Gasteiger partial charge in [-0.15, -0.1) is 10.2 Å². The van der Waals surface area contributed by atoms with E-state index in [2.05, 4.69) is 10.2 Å². The summed E-state index contributed by atoms with van der Waals surface area (Å²) < 4.78 is 0. The van der Waals surface area contributed by atoms with Crippen LogP contribution in [0.25, 0.3) is 10.6 Å². The molecule has 3 nitrogen and oxygen atoms in total. The van der Waals surface area contributed by atoms with Crippen molar-refractivity contribution < 1.29 is 0 Å². The zero-order chi connectivity index (χ0) is 11.5. The Balaban J connectivity index is 2.39. The number of nitrogens with two attached hydrogens (primary N) is 1. The molecule has 2 rings (SSSR count). The van der Waals surface area contributed by atoms with Gasteiger partial charge in [0.2, 0.25) is 0 Å². The second-order valence-corrected chi connectivity index (χ2v) is 4.99.